The van der Waals surface area contributed by atoms with Crippen molar-refractivity contribution in [1.82, 2.24) is 0 Å². The fourth-order valence-corrected chi connectivity index (χ4v) is 9.94. The molecule has 8 rings (SSSR count). The van der Waals surface area contributed by atoms with Crippen molar-refractivity contribution in [3.05, 3.63) is 184 Å². The van der Waals surface area contributed by atoms with Gasteiger partial charge in [0.1, 0.15) is 0 Å². The normalized spacial score (nSPS) is 20.6. The summed E-state index contributed by atoms with van der Waals surface area (Å²) < 4.78 is 0. The van der Waals surface area contributed by atoms with E-state index in [0.717, 1.165) is 6.42 Å². The van der Waals surface area contributed by atoms with Gasteiger partial charge in [-0.15, -0.1) is 23.1 Å². The third-order valence-corrected chi connectivity index (χ3v) is 12.1. The van der Waals surface area contributed by atoms with E-state index < -0.39 is 0 Å². The highest BCUT2D eigenvalue weighted by atomic mass is 32.2. The first-order valence-corrected chi connectivity index (χ1v) is 18.3. The van der Waals surface area contributed by atoms with Crippen molar-refractivity contribution < 1.29 is 0 Å². The minimum atomic E-state index is 0.358. The Morgan fingerprint density at radius 2 is 1.74 bits per heavy atom. The molecule has 0 spiro atoms. The fourth-order valence-electron chi connectivity index (χ4n) is 7.30. The van der Waals surface area contributed by atoms with E-state index in [-0.39, 0.29) is 0 Å². The van der Waals surface area contributed by atoms with Crippen molar-refractivity contribution in [2.75, 3.05) is 4.90 Å². The van der Waals surface area contributed by atoms with Crippen LogP contribution in [0.4, 0.5) is 11.4 Å². The van der Waals surface area contributed by atoms with E-state index in [2.05, 4.69) is 142 Å². The van der Waals surface area contributed by atoms with Gasteiger partial charge in [-0.25, -0.2) is 0 Å². The largest absolute Gasteiger partial charge is 0.311 e. The van der Waals surface area contributed by atoms with E-state index >= 15 is 0 Å². The number of hydrogen-bond donors (Lipinski definition) is 0. The molecule has 2 aliphatic carbocycles. The van der Waals surface area contributed by atoms with Gasteiger partial charge in [0.05, 0.1) is 11.4 Å². The molecule has 234 valence electrons. The molecule has 4 aromatic rings. The summed E-state index contributed by atoms with van der Waals surface area (Å²) in [6, 6.07) is 24.2. The zero-order valence-electron chi connectivity index (χ0n) is 27.6. The highest BCUT2D eigenvalue weighted by molar-refractivity contribution is 8.00. The summed E-state index contributed by atoms with van der Waals surface area (Å²) in [5.41, 5.74) is 15.1. The maximum absolute atomic E-state index is 3.89. The van der Waals surface area contributed by atoms with Gasteiger partial charge in [0, 0.05) is 38.1 Å². The van der Waals surface area contributed by atoms with Crippen LogP contribution in [0.25, 0.3) is 10.4 Å². The first-order chi connectivity index (χ1) is 23.0. The van der Waals surface area contributed by atoms with E-state index in [1.165, 1.54) is 71.4 Å². The highest BCUT2D eigenvalue weighted by Gasteiger charge is 2.42. The molecule has 0 unspecified atom stereocenters. The summed E-state index contributed by atoms with van der Waals surface area (Å²) in [6.07, 6.45) is 23.2. The Balaban J connectivity index is 0.000000447. The van der Waals surface area contributed by atoms with Crippen LogP contribution in [0.3, 0.4) is 0 Å². The van der Waals surface area contributed by atoms with Gasteiger partial charge in [0.15, 0.2) is 0 Å². The minimum absolute atomic E-state index is 0.358. The summed E-state index contributed by atoms with van der Waals surface area (Å²) in [4.78, 5) is 5.42. The third kappa shape index (κ3) is 5.66. The number of fused-ring (bicyclic) bond motifs is 6. The van der Waals surface area contributed by atoms with Crippen molar-refractivity contribution in [2.24, 2.45) is 0 Å². The van der Waals surface area contributed by atoms with Gasteiger partial charge >= 0.3 is 0 Å². The summed E-state index contributed by atoms with van der Waals surface area (Å²) in [6.45, 7) is 12.6. The van der Waals surface area contributed by atoms with Crippen LogP contribution in [0.5, 0.6) is 0 Å². The van der Waals surface area contributed by atoms with E-state index in [1.807, 2.05) is 53.4 Å². The average Bonchev–Trinajstić information content (AvgIpc) is 3.79. The van der Waals surface area contributed by atoms with Crippen molar-refractivity contribution in [3.8, 4) is 10.4 Å². The van der Waals surface area contributed by atoms with Crippen molar-refractivity contribution in [3.63, 3.8) is 0 Å². The molecule has 0 bridgehead atoms. The second-order valence-corrected chi connectivity index (χ2v) is 14.6. The van der Waals surface area contributed by atoms with Crippen LogP contribution in [0.1, 0.15) is 53.0 Å². The second kappa shape index (κ2) is 13.4. The quantitative estimate of drug-likeness (QED) is 0.198. The maximum Gasteiger partial charge on any atom is 0.0598 e. The molecule has 0 fully saturated rings. The molecule has 0 N–H and O–H groups in total. The van der Waals surface area contributed by atoms with E-state index in [4.69, 9.17) is 0 Å². The van der Waals surface area contributed by atoms with E-state index in [1.54, 1.807) is 0 Å². The molecule has 4 aliphatic rings. The zero-order valence-corrected chi connectivity index (χ0v) is 29.2. The van der Waals surface area contributed by atoms with Crippen molar-refractivity contribution in [2.45, 2.75) is 56.1 Å². The Kier molecular flexibility index (Phi) is 8.94. The molecule has 1 aromatic heterocycles. The molecule has 3 heterocycles. The predicted octanol–water partition coefficient (Wildman–Crippen LogP) is 12.8. The predicted molar refractivity (Wildman–Crippen MR) is 206 cm³/mol. The molecule has 3 atom stereocenters. The maximum atomic E-state index is 3.89. The molecule has 0 amide bonds. The number of anilines is 2. The van der Waals surface area contributed by atoms with Gasteiger partial charge < -0.3 is 4.90 Å². The molecule has 0 saturated heterocycles. The van der Waals surface area contributed by atoms with E-state index in [9.17, 15) is 0 Å². The first kappa shape index (κ1) is 31.3. The lowest BCUT2D eigenvalue weighted by atomic mass is 9.84. The molecular formula is C44H41NS2. The smallest absolute Gasteiger partial charge is 0.0598 e. The Labute approximate surface area is 288 Å². The monoisotopic (exact) mass is 647 g/mol. The summed E-state index contributed by atoms with van der Waals surface area (Å²) >= 11 is 3.90. The third-order valence-electron chi connectivity index (χ3n) is 9.59. The minimum Gasteiger partial charge on any atom is -0.311 e. The fraction of sp³-hybridized carbons (Fsp3) is 0.182. The lowest BCUT2D eigenvalue weighted by Gasteiger charge is -2.28. The lowest BCUT2D eigenvalue weighted by Crippen LogP contribution is -2.16. The Morgan fingerprint density at radius 3 is 2.47 bits per heavy atom. The number of nitrogens with zero attached hydrogens (tertiary/aromatic N) is 1. The molecule has 1 nitrogen and oxygen atoms in total. The van der Waals surface area contributed by atoms with E-state index in [0.29, 0.717) is 17.1 Å². The number of hydrogen-bond acceptors (Lipinski definition) is 3. The SMILES string of the molecule is C=C/C=C\C(=C/C)C1=CC=C[C@H]2c3cccc(N4C5=CC=CC[C@@H]5c5ccc(C)c(-c6sccc6C)c54)c3S[C@@H]12.Cc1ccccc1. The van der Waals surface area contributed by atoms with Crippen molar-refractivity contribution >= 4 is 34.5 Å². The highest BCUT2D eigenvalue weighted by Crippen LogP contribution is 2.61. The summed E-state index contributed by atoms with van der Waals surface area (Å²) in [5.74, 6) is 0.750. The first-order valence-electron chi connectivity index (χ1n) is 16.5. The van der Waals surface area contributed by atoms with Gasteiger partial charge in [-0.2, -0.15) is 0 Å². The van der Waals surface area contributed by atoms with Gasteiger partial charge in [-0.1, -0.05) is 121 Å². The molecule has 2 aliphatic heterocycles. The standard InChI is InChI=1S/C37H33NS2.C7H8/c1-5-7-12-25(6-2)26-14-10-15-29-30-16-11-18-32(37(30)40-36(26)29)38-31-17-9-8-13-27(31)28-20-19-23(3)33(34(28)38)35-24(4)21-22-39-35;1-7-5-3-2-4-6-7/h5-12,14-22,27,29,36H,1,13H2,2-4H3;2-6H,1H3/b12-7-,25-6+;/t27-,29+,36+;/m1./s1. The Morgan fingerprint density at radius 1 is 0.894 bits per heavy atom. The molecular weight excluding hydrogens is 607 g/mol. The molecule has 3 aromatic carbocycles. The summed E-state index contributed by atoms with van der Waals surface area (Å²) in [7, 11) is 0. The zero-order chi connectivity index (χ0) is 32.5. The molecule has 3 heteroatoms. The van der Waals surface area contributed by atoms with Gasteiger partial charge in [-0.3, -0.25) is 0 Å². The number of thioether (sulfide) groups is 1. The second-order valence-electron chi connectivity index (χ2n) is 12.5. The molecule has 0 radical (unpaired) electrons. The van der Waals surface area contributed by atoms with Crippen LogP contribution in [0, 0.1) is 20.8 Å². The number of aryl methyl sites for hydroxylation is 3. The van der Waals surface area contributed by atoms with Crippen molar-refractivity contribution in [1.29, 1.82) is 0 Å². The van der Waals surface area contributed by atoms with Crippen LogP contribution in [0.15, 0.2) is 161 Å². The van der Waals surface area contributed by atoms with Crippen LogP contribution in [0.2, 0.25) is 0 Å². The summed E-state index contributed by atoms with van der Waals surface area (Å²) in [5, 5.41) is 2.59. The van der Waals surface area contributed by atoms with Crippen LogP contribution in [-0.4, -0.2) is 5.25 Å². The average molecular weight is 648 g/mol. The van der Waals surface area contributed by atoms with Crippen LogP contribution >= 0.6 is 23.1 Å². The van der Waals surface area contributed by atoms with Gasteiger partial charge in [0.25, 0.3) is 0 Å². The molecule has 47 heavy (non-hydrogen) atoms. The van der Waals surface area contributed by atoms with Crippen LogP contribution < -0.4 is 4.90 Å². The van der Waals surface area contributed by atoms with Crippen LogP contribution in [-0.2, 0) is 0 Å². The van der Waals surface area contributed by atoms with Gasteiger partial charge in [0.2, 0.25) is 0 Å². The molecule has 0 saturated carbocycles. The number of allylic oxidation sites excluding steroid dienone is 12. The Bertz CT molecular complexity index is 2010. The lowest BCUT2D eigenvalue weighted by molar-refractivity contribution is 0.816. The number of thiophene rings is 1. The topological polar surface area (TPSA) is 3.24 Å². The number of benzene rings is 3. The Hall–Kier alpha value is -4.31. The van der Waals surface area contributed by atoms with Gasteiger partial charge in [-0.05, 0) is 91.1 Å². The number of rotatable bonds is 5.